The second-order valence-electron chi connectivity index (χ2n) is 6.18. The van der Waals surface area contributed by atoms with Gasteiger partial charge < -0.3 is 15.0 Å². The van der Waals surface area contributed by atoms with Crippen molar-refractivity contribution in [2.45, 2.75) is 45.7 Å². The molecule has 0 radical (unpaired) electrons. The van der Waals surface area contributed by atoms with E-state index in [4.69, 9.17) is 4.74 Å². The summed E-state index contributed by atoms with van der Waals surface area (Å²) in [7, 11) is 6.02. The Kier molecular flexibility index (Phi) is 6.03. The van der Waals surface area contributed by atoms with E-state index >= 15 is 0 Å². The Morgan fingerprint density at radius 2 is 1.95 bits per heavy atom. The molecular weight excluding hydrogens is 248 g/mol. The number of hydrogen-bond donors (Lipinski definition) is 1. The molecule has 0 bridgehead atoms. The van der Waals surface area contributed by atoms with Gasteiger partial charge in [-0.3, -0.25) is 0 Å². The fourth-order valence-electron chi connectivity index (χ4n) is 2.42. The SMILES string of the molecule is CCNC(Cc1cc(C)ccc1OC)C(C)(C)N(C)C. The van der Waals surface area contributed by atoms with Gasteiger partial charge in [-0.15, -0.1) is 0 Å². The first-order chi connectivity index (χ1) is 9.32. The highest BCUT2D eigenvalue weighted by molar-refractivity contribution is 5.37. The standard InChI is InChI=1S/C17H30N2O/c1-8-18-16(17(3,4)19(5)6)12-14-11-13(2)9-10-15(14)20-7/h9-11,16,18H,8,12H2,1-7H3. The maximum atomic E-state index is 5.51. The highest BCUT2D eigenvalue weighted by atomic mass is 16.5. The van der Waals surface area contributed by atoms with Crippen LogP contribution in [0.25, 0.3) is 0 Å². The van der Waals surface area contributed by atoms with Crippen molar-refractivity contribution in [3.63, 3.8) is 0 Å². The smallest absolute Gasteiger partial charge is 0.122 e. The van der Waals surface area contributed by atoms with Crippen molar-refractivity contribution in [2.75, 3.05) is 27.7 Å². The molecule has 1 unspecified atom stereocenters. The molecule has 3 nitrogen and oxygen atoms in total. The molecule has 3 heteroatoms. The summed E-state index contributed by atoms with van der Waals surface area (Å²) in [6.07, 6.45) is 0.962. The third-order valence-corrected chi connectivity index (χ3v) is 4.32. The fourth-order valence-corrected chi connectivity index (χ4v) is 2.42. The summed E-state index contributed by atoms with van der Waals surface area (Å²) in [4.78, 5) is 2.28. The molecule has 0 spiro atoms. The Labute approximate surface area is 124 Å². The highest BCUT2D eigenvalue weighted by Crippen LogP contribution is 2.26. The molecule has 0 aliphatic rings. The van der Waals surface area contributed by atoms with E-state index in [0.717, 1.165) is 18.7 Å². The van der Waals surface area contributed by atoms with Crippen molar-refractivity contribution in [1.82, 2.24) is 10.2 Å². The first-order valence-corrected chi connectivity index (χ1v) is 7.37. The Bertz CT molecular complexity index is 427. The van der Waals surface area contributed by atoms with Crippen molar-refractivity contribution in [3.8, 4) is 5.75 Å². The third kappa shape index (κ3) is 3.97. The van der Waals surface area contributed by atoms with Gasteiger partial charge >= 0.3 is 0 Å². The van der Waals surface area contributed by atoms with Gasteiger partial charge in [0.2, 0.25) is 0 Å². The predicted octanol–water partition coefficient (Wildman–Crippen LogP) is 2.86. The summed E-state index contributed by atoms with van der Waals surface area (Å²) in [5.41, 5.74) is 2.62. The number of likely N-dealkylation sites (N-methyl/N-ethyl adjacent to an activating group) is 2. The predicted molar refractivity (Wildman–Crippen MR) is 86.7 cm³/mol. The van der Waals surface area contributed by atoms with E-state index in [2.05, 4.69) is 70.2 Å². The molecule has 0 amide bonds. The lowest BCUT2D eigenvalue weighted by Gasteiger charge is -2.41. The molecular formula is C17H30N2O. The van der Waals surface area contributed by atoms with Gasteiger partial charge in [-0.25, -0.2) is 0 Å². The molecule has 114 valence electrons. The number of nitrogens with one attached hydrogen (secondary N) is 1. The first-order valence-electron chi connectivity index (χ1n) is 7.37. The average Bonchev–Trinajstić information content (AvgIpc) is 2.38. The van der Waals surface area contributed by atoms with Gasteiger partial charge in [0.25, 0.3) is 0 Å². The zero-order valence-corrected chi connectivity index (χ0v) is 14.1. The minimum atomic E-state index is 0.0742. The van der Waals surface area contributed by atoms with E-state index in [9.17, 15) is 0 Å². The fraction of sp³-hybridized carbons (Fsp3) is 0.647. The Morgan fingerprint density at radius 3 is 2.45 bits per heavy atom. The summed E-state index contributed by atoms with van der Waals surface area (Å²) >= 11 is 0. The third-order valence-electron chi connectivity index (χ3n) is 4.32. The lowest BCUT2D eigenvalue weighted by Crippen LogP contribution is -2.56. The summed E-state index contributed by atoms with van der Waals surface area (Å²) in [5, 5.41) is 3.63. The van der Waals surface area contributed by atoms with Crippen molar-refractivity contribution in [1.29, 1.82) is 0 Å². The van der Waals surface area contributed by atoms with Crippen LogP contribution in [0.4, 0.5) is 0 Å². The van der Waals surface area contributed by atoms with Crippen LogP contribution in [0.3, 0.4) is 0 Å². The second kappa shape index (κ2) is 7.09. The molecule has 1 aromatic carbocycles. The molecule has 20 heavy (non-hydrogen) atoms. The molecule has 0 aromatic heterocycles. The van der Waals surface area contributed by atoms with Crippen LogP contribution in [0.2, 0.25) is 0 Å². The Balaban J connectivity index is 3.04. The highest BCUT2D eigenvalue weighted by Gasteiger charge is 2.31. The largest absolute Gasteiger partial charge is 0.496 e. The van der Waals surface area contributed by atoms with Crippen molar-refractivity contribution in [2.24, 2.45) is 0 Å². The van der Waals surface area contributed by atoms with Crippen LogP contribution >= 0.6 is 0 Å². The zero-order chi connectivity index (χ0) is 15.3. The molecule has 0 fully saturated rings. The molecule has 1 aromatic rings. The first kappa shape index (κ1) is 17.0. The van der Waals surface area contributed by atoms with E-state index in [-0.39, 0.29) is 5.54 Å². The van der Waals surface area contributed by atoms with E-state index in [1.807, 2.05) is 0 Å². The van der Waals surface area contributed by atoms with Crippen LogP contribution < -0.4 is 10.1 Å². The van der Waals surface area contributed by atoms with Crippen LogP contribution in [0, 0.1) is 6.92 Å². The topological polar surface area (TPSA) is 24.5 Å². The van der Waals surface area contributed by atoms with Crippen LogP contribution in [-0.2, 0) is 6.42 Å². The number of methoxy groups -OCH3 is 1. The van der Waals surface area contributed by atoms with Gasteiger partial charge in [0.15, 0.2) is 0 Å². The summed E-state index contributed by atoms with van der Waals surface area (Å²) < 4.78 is 5.51. The molecule has 0 aliphatic heterocycles. The van der Waals surface area contributed by atoms with E-state index in [0.29, 0.717) is 6.04 Å². The molecule has 1 rings (SSSR count). The maximum absolute atomic E-state index is 5.51. The van der Waals surface area contributed by atoms with E-state index in [1.165, 1.54) is 11.1 Å². The van der Waals surface area contributed by atoms with Gasteiger partial charge in [0.05, 0.1) is 7.11 Å². The van der Waals surface area contributed by atoms with Crippen LogP contribution in [0.15, 0.2) is 18.2 Å². The Hall–Kier alpha value is -1.06. The molecule has 0 aliphatic carbocycles. The monoisotopic (exact) mass is 278 g/mol. The molecule has 1 N–H and O–H groups in total. The second-order valence-corrected chi connectivity index (χ2v) is 6.18. The minimum absolute atomic E-state index is 0.0742. The van der Waals surface area contributed by atoms with Crippen molar-refractivity contribution in [3.05, 3.63) is 29.3 Å². The number of benzene rings is 1. The summed E-state index contributed by atoms with van der Waals surface area (Å²) in [6, 6.07) is 6.77. The zero-order valence-electron chi connectivity index (χ0n) is 14.1. The minimum Gasteiger partial charge on any atom is -0.496 e. The number of aryl methyl sites for hydroxylation is 1. The van der Waals surface area contributed by atoms with Gasteiger partial charge in [-0.05, 0) is 59.5 Å². The van der Waals surface area contributed by atoms with Crippen LogP contribution in [0.5, 0.6) is 5.75 Å². The number of hydrogen-bond acceptors (Lipinski definition) is 3. The van der Waals surface area contributed by atoms with Gasteiger partial charge in [-0.2, -0.15) is 0 Å². The van der Waals surface area contributed by atoms with Gasteiger partial charge in [-0.1, -0.05) is 24.6 Å². The number of rotatable bonds is 7. The molecule has 1 atom stereocenters. The summed E-state index contributed by atoms with van der Waals surface area (Å²) in [5.74, 6) is 0.980. The number of nitrogens with zero attached hydrogens (tertiary/aromatic N) is 1. The molecule has 0 heterocycles. The quantitative estimate of drug-likeness (QED) is 0.830. The van der Waals surface area contributed by atoms with Crippen LogP contribution in [-0.4, -0.2) is 44.2 Å². The molecule has 0 saturated heterocycles. The maximum Gasteiger partial charge on any atom is 0.122 e. The van der Waals surface area contributed by atoms with Gasteiger partial charge in [0.1, 0.15) is 5.75 Å². The molecule has 0 saturated carbocycles. The van der Waals surface area contributed by atoms with Crippen LogP contribution in [0.1, 0.15) is 31.9 Å². The van der Waals surface area contributed by atoms with Crippen molar-refractivity contribution < 1.29 is 4.74 Å². The number of ether oxygens (including phenoxy) is 1. The summed E-state index contributed by atoms with van der Waals surface area (Å²) in [6.45, 7) is 9.82. The lowest BCUT2D eigenvalue weighted by molar-refractivity contribution is 0.137. The average molecular weight is 278 g/mol. The van der Waals surface area contributed by atoms with Gasteiger partial charge in [0, 0.05) is 11.6 Å². The van der Waals surface area contributed by atoms with Crippen molar-refractivity contribution >= 4 is 0 Å². The van der Waals surface area contributed by atoms with E-state index in [1.54, 1.807) is 7.11 Å². The Morgan fingerprint density at radius 1 is 1.30 bits per heavy atom. The normalized spacial score (nSPS) is 13.6. The van der Waals surface area contributed by atoms with E-state index < -0.39 is 0 Å². The lowest BCUT2D eigenvalue weighted by atomic mass is 9.87.